The molecule has 4 rings (SSSR count). The van der Waals surface area contributed by atoms with Gasteiger partial charge in [-0.3, -0.25) is 19.3 Å². The Morgan fingerprint density at radius 3 is 2.43 bits per heavy atom. The topological polar surface area (TPSA) is 78.5 Å². The fourth-order valence-electron chi connectivity index (χ4n) is 4.31. The lowest BCUT2D eigenvalue weighted by Gasteiger charge is -2.29. The summed E-state index contributed by atoms with van der Waals surface area (Å²) in [5, 5.41) is 5.15. The molecule has 1 aliphatic heterocycles. The van der Waals surface area contributed by atoms with Gasteiger partial charge in [-0.25, -0.2) is 0 Å². The molecular formula is C25H23ClF3N3O3. The second-order valence-electron chi connectivity index (χ2n) is 8.65. The Labute approximate surface area is 205 Å². The molecule has 3 amide bonds. The first-order valence-electron chi connectivity index (χ1n) is 11.2. The van der Waals surface area contributed by atoms with Crippen molar-refractivity contribution in [2.75, 3.05) is 10.6 Å². The van der Waals surface area contributed by atoms with Crippen LogP contribution < -0.4 is 10.6 Å². The van der Waals surface area contributed by atoms with E-state index < -0.39 is 29.5 Å². The Kier molecular flexibility index (Phi) is 6.89. The average Bonchev–Trinajstić information content (AvgIpc) is 3.03. The maximum absolute atomic E-state index is 13.0. The number of anilines is 2. The van der Waals surface area contributed by atoms with E-state index >= 15 is 0 Å². The molecule has 0 atom stereocenters. The van der Waals surface area contributed by atoms with E-state index in [1.165, 1.54) is 29.2 Å². The highest BCUT2D eigenvalue weighted by Gasteiger charge is 2.42. The molecule has 0 aromatic heterocycles. The van der Waals surface area contributed by atoms with E-state index in [0.717, 1.165) is 44.2 Å². The Morgan fingerprint density at radius 1 is 1.03 bits per heavy atom. The second kappa shape index (κ2) is 9.73. The number of nitrogens with one attached hydrogen (secondary N) is 2. The van der Waals surface area contributed by atoms with E-state index in [0.29, 0.717) is 11.3 Å². The molecule has 2 aromatic rings. The van der Waals surface area contributed by atoms with E-state index in [1.54, 1.807) is 13.0 Å². The summed E-state index contributed by atoms with van der Waals surface area (Å²) in [6.07, 6.45) is -0.133. The molecule has 184 valence electrons. The zero-order chi connectivity index (χ0) is 25.3. The number of rotatable bonds is 5. The van der Waals surface area contributed by atoms with Gasteiger partial charge in [0.2, 0.25) is 0 Å². The van der Waals surface area contributed by atoms with Crippen molar-refractivity contribution >= 4 is 40.7 Å². The Balaban J connectivity index is 1.53. The highest BCUT2D eigenvalue weighted by atomic mass is 35.5. The first-order valence-corrected chi connectivity index (χ1v) is 11.6. The normalized spacial score (nSPS) is 17.2. The molecule has 1 saturated carbocycles. The van der Waals surface area contributed by atoms with Gasteiger partial charge in [-0.2, -0.15) is 13.2 Å². The number of amides is 3. The summed E-state index contributed by atoms with van der Waals surface area (Å²) in [5.41, 5.74) is 0.254. The molecule has 1 aliphatic carbocycles. The van der Waals surface area contributed by atoms with Crippen LogP contribution in [0.2, 0.25) is 0 Å². The van der Waals surface area contributed by atoms with Gasteiger partial charge < -0.3 is 10.6 Å². The van der Waals surface area contributed by atoms with E-state index in [1.807, 2.05) is 0 Å². The highest BCUT2D eigenvalue weighted by Crippen LogP contribution is 2.33. The van der Waals surface area contributed by atoms with Crippen molar-refractivity contribution in [1.29, 1.82) is 0 Å². The van der Waals surface area contributed by atoms with Gasteiger partial charge in [0.25, 0.3) is 17.7 Å². The summed E-state index contributed by atoms with van der Waals surface area (Å²) < 4.78 is 38.9. The van der Waals surface area contributed by atoms with Crippen LogP contribution in [0, 0.1) is 6.92 Å². The Bertz CT molecular complexity index is 1220. The molecule has 2 aliphatic rings. The molecule has 1 fully saturated rings. The Hall–Kier alpha value is -3.33. The van der Waals surface area contributed by atoms with Crippen LogP contribution >= 0.6 is 11.6 Å². The molecule has 0 spiro atoms. The van der Waals surface area contributed by atoms with Crippen molar-refractivity contribution < 1.29 is 27.6 Å². The number of hydrogen-bond acceptors (Lipinski definition) is 4. The van der Waals surface area contributed by atoms with Gasteiger partial charge in [-0.1, -0.05) is 43.0 Å². The van der Waals surface area contributed by atoms with Crippen molar-refractivity contribution in [2.24, 2.45) is 0 Å². The number of benzene rings is 2. The maximum Gasteiger partial charge on any atom is 0.416 e. The lowest BCUT2D eigenvalue weighted by molar-refractivity contribution is -0.141. The number of alkyl halides is 3. The summed E-state index contributed by atoms with van der Waals surface area (Å²) in [4.78, 5) is 39.7. The zero-order valence-electron chi connectivity index (χ0n) is 18.8. The highest BCUT2D eigenvalue weighted by molar-refractivity contribution is 6.48. The minimum atomic E-state index is -4.54. The SMILES string of the molecule is Cc1ccc(C(=O)Nc2cccc(C(F)(F)F)c2)cc1NC1=C(Cl)C(=O)N(C2CCCCC2)C1=O. The van der Waals surface area contributed by atoms with Crippen LogP contribution in [0.5, 0.6) is 0 Å². The molecule has 6 nitrogen and oxygen atoms in total. The van der Waals surface area contributed by atoms with Gasteiger partial charge >= 0.3 is 6.18 Å². The predicted octanol–water partition coefficient (Wildman–Crippen LogP) is 5.83. The van der Waals surface area contributed by atoms with Gasteiger partial charge in [0, 0.05) is 23.0 Å². The zero-order valence-corrected chi connectivity index (χ0v) is 19.6. The van der Waals surface area contributed by atoms with Crippen LogP contribution in [-0.2, 0) is 15.8 Å². The van der Waals surface area contributed by atoms with Crippen molar-refractivity contribution in [3.8, 4) is 0 Å². The van der Waals surface area contributed by atoms with Crippen LogP contribution in [0.4, 0.5) is 24.5 Å². The number of aryl methyl sites for hydroxylation is 1. The smallest absolute Gasteiger partial charge is 0.349 e. The molecule has 2 N–H and O–H groups in total. The van der Waals surface area contributed by atoms with E-state index in [4.69, 9.17) is 11.6 Å². The number of hydrogen-bond donors (Lipinski definition) is 2. The molecule has 2 aromatic carbocycles. The third-order valence-corrected chi connectivity index (χ3v) is 6.56. The molecule has 0 unspecified atom stereocenters. The van der Waals surface area contributed by atoms with Crippen molar-refractivity contribution in [1.82, 2.24) is 4.90 Å². The molecule has 0 saturated heterocycles. The third-order valence-electron chi connectivity index (χ3n) is 6.21. The molecule has 1 heterocycles. The molecule has 10 heteroatoms. The van der Waals surface area contributed by atoms with E-state index in [-0.39, 0.29) is 28.0 Å². The minimum absolute atomic E-state index is 0.00893. The summed E-state index contributed by atoms with van der Waals surface area (Å²) in [5.74, 6) is -1.68. The predicted molar refractivity (Wildman–Crippen MR) is 126 cm³/mol. The number of carbonyl (C=O) groups excluding carboxylic acids is 3. The van der Waals surface area contributed by atoms with Crippen LogP contribution in [0.25, 0.3) is 0 Å². The van der Waals surface area contributed by atoms with Crippen LogP contribution in [0.1, 0.15) is 53.6 Å². The summed E-state index contributed by atoms with van der Waals surface area (Å²) in [6.45, 7) is 1.74. The largest absolute Gasteiger partial charge is 0.416 e. The fourth-order valence-corrected chi connectivity index (χ4v) is 4.53. The van der Waals surface area contributed by atoms with Gasteiger partial charge in [-0.05, 0) is 55.7 Å². The number of carbonyl (C=O) groups is 3. The first kappa shape index (κ1) is 24.8. The third kappa shape index (κ3) is 5.19. The monoisotopic (exact) mass is 505 g/mol. The van der Waals surface area contributed by atoms with Crippen molar-refractivity contribution in [3.63, 3.8) is 0 Å². The lowest BCUT2D eigenvalue weighted by atomic mass is 9.94. The van der Waals surface area contributed by atoms with E-state index in [9.17, 15) is 27.6 Å². The minimum Gasteiger partial charge on any atom is -0.349 e. The fraction of sp³-hybridized carbons (Fsp3) is 0.320. The molecule has 0 bridgehead atoms. The molecule has 0 radical (unpaired) electrons. The number of imide groups is 1. The van der Waals surface area contributed by atoms with Crippen LogP contribution in [-0.4, -0.2) is 28.7 Å². The summed E-state index contributed by atoms with van der Waals surface area (Å²) >= 11 is 6.23. The van der Waals surface area contributed by atoms with Gasteiger partial charge in [0.05, 0.1) is 5.56 Å². The summed E-state index contributed by atoms with van der Waals surface area (Å²) in [7, 11) is 0. The van der Waals surface area contributed by atoms with E-state index in [2.05, 4.69) is 10.6 Å². The second-order valence-corrected chi connectivity index (χ2v) is 9.03. The standard InChI is InChI=1S/C25H23ClF3N3O3/c1-14-10-11-15(22(33)30-17-7-5-6-16(13-17)25(27,28)29)12-19(14)31-21-20(26)23(34)32(24(21)35)18-8-3-2-4-9-18/h5-7,10-13,18,31H,2-4,8-9H2,1H3,(H,30,33). The van der Waals surface area contributed by atoms with Crippen molar-refractivity contribution in [2.45, 2.75) is 51.2 Å². The lowest BCUT2D eigenvalue weighted by Crippen LogP contribution is -2.42. The van der Waals surface area contributed by atoms with Crippen molar-refractivity contribution in [3.05, 3.63) is 69.9 Å². The quantitative estimate of drug-likeness (QED) is 0.501. The summed E-state index contributed by atoms with van der Waals surface area (Å²) in [6, 6.07) is 8.71. The van der Waals surface area contributed by atoms with Crippen LogP contribution in [0.3, 0.4) is 0 Å². The van der Waals surface area contributed by atoms with Gasteiger partial charge in [0.1, 0.15) is 10.7 Å². The average molecular weight is 506 g/mol. The van der Waals surface area contributed by atoms with Gasteiger partial charge in [-0.15, -0.1) is 0 Å². The number of nitrogens with zero attached hydrogens (tertiary/aromatic N) is 1. The molecule has 35 heavy (non-hydrogen) atoms. The Morgan fingerprint density at radius 2 is 1.74 bits per heavy atom. The first-order chi connectivity index (χ1) is 16.6. The maximum atomic E-state index is 13.0. The molecular weight excluding hydrogens is 483 g/mol. The van der Waals surface area contributed by atoms with Crippen LogP contribution in [0.15, 0.2) is 53.2 Å². The number of halogens is 4. The van der Waals surface area contributed by atoms with Gasteiger partial charge in [0.15, 0.2) is 0 Å².